The molecular formula is C12H9F3O3. The summed E-state index contributed by atoms with van der Waals surface area (Å²) in [5.41, 5.74) is 0.748. The van der Waals surface area contributed by atoms with Gasteiger partial charge >= 0.3 is 12.1 Å². The maximum absolute atomic E-state index is 12.4. The number of carboxylic acids is 1. The zero-order valence-corrected chi connectivity index (χ0v) is 9.12. The van der Waals surface area contributed by atoms with Crippen LogP contribution < -0.4 is 0 Å². The summed E-state index contributed by atoms with van der Waals surface area (Å²) >= 11 is 0. The third kappa shape index (κ3) is 2.64. The molecule has 0 bridgehead atoms. The van der Waals surface area contributed by atoms with Gasteiger partial charge in [-0.1, -0.05) is 12.1 Å². The molecule has 6 heteroatoms. The standard InChI is InChI=1S/C12H9F3O3/c13-12(14,15)10-6-8-3-1-7(2-4-11(16)17)5-9(8)18-10/h1,3,5-6H,2,4H2,(H,16,17). The number of alkyl halides is 3. The van der Waals surface area contributed by atoms with E-state index < -0.39 is 17.9 Å². The van der Waals surface area contributed by atoms with E-state index in [0.717, 1.165) is 6.07 Å². The van der Waals surface area contributed by atoms with Gasteiger partial charge in [-0.25, -0.2) is 0 Å². The molecule has 18 heavy (non-hydrogen) atoms. The Bertz CT molecular complexity index is 584. The van der Waals surface area contributed by atoms with Crippen LogP contribution in [0.25, 0.3) is 11.0 Å². The molecule has 0 aliphatic heterocycles. The monoisotopic (exact) mass is 258 g/mol. The molecule has 0 saturated heterocycles. The Morgan fingerprint density at radius 1 is 1.28 bits per heavy atom. The fraction of sp³-hybridized carbons (Fsp3) is 0.250. The molecule has 3 nitrogen and oxygen atoms in total. The lowest BCUT2D eigenvalue weighted by Crippen LogP contribution is -2.01. The summed E-state index contributed by atoms with van der Waals surface area (Å²) < 4.78 is 41.9. The molecule has 0 aliphatic rings. The van der Waals surface area contributed by atoms with Crippen LogP contribution in [0.2, 0.25) is 0 Å². The average molecular weight is 258 g/mol. The van der Waals surface area contributed by atoms with Gasteiger partial charge in [0.2, 0.25) is 5.76 Å². The molecule has 1 heterocycles. The van der Waals surface area contributed by atoms with Crippen LogP contribution in [0, 0.1) is 0 Å². The second-order valence-corrected chi connectivity index (χ2v) is 3.87. The largest absolute Gasteiger partial charge is 0.481 e. The van der Waals surface area contributed by atoms with Crippen molar-refractivity contribution in [1.29, 1.82) is 0 Å². The summed E-state index contributed by atoms with van der Waals surface area (Å²) in [6, 6.07) is 5.45. The Morgan fingerprint density at radius 3 is 2.61 bits per heavy atom. The first-order valence-electron chi connectivity index (χ1n) is 5.18. The van der Waals surface area contributed by atoms with Crippen molar-refractivity contribution in [2.24, 2.45) is 0 Å². The van der Waals surface area contributed by atoms with Crippen molar-refractivity contribution >= 4 is 16.9 Å². The van der Waals surface area contributed by atoms with Crippen LogP contribution in [-0.4, -0.2) is 11.1 Å². The molecule has 2 aromatic rings. The van der Waals surface area contributed by atoms with E-state index >= 15 is 0 Å². The molecule has 0 saturated carbocycles. The van der Waals surface area contributed by atoms with Gasteiger partial charge in [0.25, 0.3) is 0 Å². The van der Waals surface area contributed by atoms with Crippen LogP contribution in [0.4, 0.5) is 13.2 Å². The summed E-state index contributed by atoms with van der Waals surface area (Å²) in [6.07, 6.45) is -4.33. The van der Waals surface area contributed by atoms with E-state index in [0.29, 0.717) is 10.9 Å². The molecule has 0 unspecified atom stereocenters. The molecule has 1 aromatic carbocycles. The number of hydrogen-bond donors (Lipinski definition) is 1. The molecule has 0 aliphatic carbocycles. The predicted octanol–water partition coefficient (Wildman–Crippen LogP) is 3.47. The molecule has 0 amide bonds. The Labute approximate surface area is 99.8 Å². The van der Waals surface area contributed by atoms with Gasteiger partial charge in [0.15, 0.2) is 0 Å². The Balaban J connectivity index is 2.31. The number of rotatable bonds is 3. The maximum Gasteiger partial charge on any atom is 0.449 e. The highest BCUT2D eigenvalue weighted by molar-refractivity contribution is 5.79. The summed E-state index contributed by atoms with van der Waals surface area (Å²) in [4.78, 5) is 10.4. The molecule has 2 rings (SSSR count). The van der Waals surface area contributed by atoms with Crippen LogP contribution in [0.1, 0.15) is 17.7 Å². The fourth-order valence-electron chi connectivity index (χ4n) is 1.62. The molecule has 0 spiro atoms. The molecular weight excluding hydrogens is 249 g/mol. The first-order valence-corrected chi connectivity index (χ1v) is 5.18. The van der Waals surface area contributed by atoms with E-state index in [1.165, 1.54) is 12.1 Å². The van der Waals surface area contributed by atoms with Gasteiger partial charge in [0.1, 0.15) is 5.58 Å². The summed E-state index contributed by atoms with van der Waals surface area (Å²) in [5.74, 6) is -2.00. The minimum Gasteiger partial charge on any atom is -0.481 e. The van der Waals surface area contributed by atoms with Crippen molar-refractivity contribution in [2.45, 2.75) is 19.0 Å². The van der Waals surface area contributed by atoms with Crippen molar-refractivity contribution in [3.63, 3.8) is 0 Å². The topological polar surface area (TPSA) is 50.4 Å². The number of furan rings is 1. The van der Waals surface area contributed by atoms with Crippen LogP contribution in [0.5, 0.6) is 0 Å². The normalized spacial score (nSPS) is 11.9. The highest BCUT2D eigenvalue weighted by Gasteiger charge is 2.35. The Kier molecular flexibility index (Phi) is 3.02. The molecule has 0 atom stereocenters. The number of fused-ring (bicyclic) bond motifs is 1. The SMILES string of the molecule is O=C(O)CCc1ccc2cc(C(F)(F)F)oc2c1. The number of halogens is 3. The van der Waals surface area contributed by atoms with Crippen molar-refractivity contribution < 1.29 is 27.5 Å². The van der Waals surface area contributed by atoms with Crippen molar-refractivity contribution in [1.82, 2.24) is 0 Å². The quantitative estimate of drug-likeness (QED) is 0.917. The minimum absolute atomic E-state index is 0.0711. The fourth-order valence-corrected chi connectivity index (χ4v) is 1.62. The maximum atomic E-state index is 12.4. The van der Waals surface area contributed by atoms with Crippen LogP contribution in [0.15, 0.2) is 28.7 Å². The van der Waals surface area contributed by atoms with E-state index in [-0.39, 0.29) is 18.4 Å². The molecule has 0 fully saturated rings. The van der Waals surface area contributed by atoms with E-state index in [4.69, 9.17) is 9.52 Å². The van der Waals surface area contributed by atoms with Crippen LogP contribution >= 0.6 is 0 Å². The van der Waals surface area contributed by atoms with Crippen molar-refractivity contribution in [2.75, 3.05) is 0 Å². The second kappa shape index (κ2) is 4.36. The zero-order valence-electron chi connectivity index (χ0n) is 9.12. The van der Waals surface area contributed by atoms with E-state index in [9.17, 15) is 18.0 Å². The summed E-state index contributed by atoms with van der Waals surface area (Å²) in [6.45, 7) is 0. The smallest absolute Gasteiger partial charge is 0.449 e. The van der Waals surface area contributed by atoms with E-state index in [1.807, 2.05) is 0 Å². The first kappa shape index (κ1) is 12.5. The third-order valence-electron chi connectivity index (χ3n) is 2.49. The number of aliphatic carboxylic acids is 1. The summed E-state index contributed by atoms with van der Waals surface area (Å²) in [5, 5.41) is 8.88. The third-order valence-corrected chi connectivity index (χ3v) is 2.49. The number of hydrogen-bond acceptors (Lipinski definition) is 2. The number of benzene rings is 1. The van der Waals surface area contributed by atoms with Gasteiger partial charge in [-0.3, -0.25) is 4.79 Å². The minimum atomic E-state index is -4.51. The van der Waals surface area contributed by atoms with Gasteiger partial charge in [-0.15, -0.1) is 0 Å². The van der Waals surface area contributed by atoms with Gasteiger partial charge in [0.05, 0.1) is 0 Å². The molecule has 0 radical (unpaired) electrons. The first-order chi connectivity index (χ1) is 8.36. The van der Waals surface area contributed by atoms with E-state index in [1.54, 1.807) is 6.07 Å². The number of aryl methyl sites for hydroxylation is 1. The van der Waals surface area contributed by atoms with Gasteiger partial charge < -0.3 is 9.52 Å². The molecule has 1 aromatic heterocycles. The molecule has 96 valence electrons. The average Bonchev–Trinajstić information content (AvgIpc) is 2.68. The van der Waals surface area contributed by atoms with Gasteiger partial charge in [-0.05, 0) is 24.1 Å². The highest BCUT2D eigenvalue weighted by Crippen LogP contribution is 2.34. The molecule has 1 N–H and O–H groups in total. The lowest BCUT2D eigenvalue weighted by Gasteiger charge is -1.99. The van der Waals surface area contributed by atoms with E-state index in [2.05, 4.69) is 0 Å². The Morgan fingerprint density at radius 2 is 2.00 bits per heavy atom. The lowest BCUT2D eigenvalue weighted by molar-refractivity contribution is -0.152. The van der Waals surface area contributed by atoms with Gasteiger partial charge in [0, 0.05) is 11.8 Å². The number of carboxylic acid groups (broad SMARTS) is 1. The van der Waals surface area contributed by atoms with Crippen molar-refractivity contribution in [3.05, 3.63) is 35.6 Å². The second-order valence-electron chi connectivity index (χ2n) is 3.87. The highest BCUT2D eigenvalue weighted by atomic mass is 19.4. The number of carbonyl (C=O) groups is 1. The van der Waals surface area contributed by atoms with Gasteiger partial charge in [-0.2, -0.15) is 13.2 Å². The van der Waals surface area contributed by atoms with Crippen LogP contribution in [-0.2, 0) is 17.4 Å². The zero-order chi connectivity index (χ0) is 13.3. The summed E-state index contributed by atoms with van der Waals surface area (Å²) in [7, 11) is 0. The van der Waals surface area contributed by atoms with Crippen LogP contribution in [0.3, 0.4) is 0 Å². The lowest BCUT2D eigenvalue weighted by atomic mass is 10.1. The van der Waals surface area contributed by atoms with Crippen molar-refractivity contribution in [3.8, 4) is 0 Å². The predicted molar refractivity (Wildman–Crippen MR) is 57.2 cm³/mol. The Hall–Kier alpha value is -1.98.